The zero-order valence-electron chi connectivity index (χ0n) is 22.1. The average Bonchev–Trinajstić information content (AvgIpc) is 3.38. The molecule has 10 N–H and O–H groups in total. The number of alkyl halides is 3. The Kier molecular flexibility index (Phi) is 16.3. The van der Waals surface area contributed by atoms with Gasteiger partial charge < -0.3 is 42.1 Å². The van der Waals surface area contributed by atoms with Gasteiger partial charge in [-0.05, 0) is 24.8 Å². The van der Waals surface area contributed by atoms with E-state index in [1.54, 1.807) is 24.3 Å². The van der Waals surface area contributed by atoms with Crippen LogP contribution in [0.2, 0.25) is 0 Å². The molecule has 0 bridgehead atoms. The number of hydrogen-bond donors (Lipinski definition) is 9. The number of carboxylic acid groups (broad SMARTS) is 4. The van der Waals surface area contributed by atoms with Crippen molar-refractivity contribution >= 4 is 41.7 Å². The Balaban J connectivity index is 0.00000130. The van der Waals surface area contributed by atoms with Crippen molar-refractivity contribution in [3.8, 4) is 0 Å². The maximum Gasteiger partial charge on any atom is 0.503 e. The number of carbonyl (C=O) groups excluding carboxylic acids is 3. The van der Waals surface area contributed by atoms with Crippen LogP contribution >= 0.6 is 0 Å². The highest BCUT2D eigenvalue weighted by Gasteiger charge is 2.38. The normalized spacial score (nSPS) is 13.1. The molecule has 0 spiro atoms. The Bertz CT molecular complexity index is 1100. The number of aliphatic carboxylic acids is 2. The molecular formula is C24H32F3N5O10. The summed E-state index contributed by atoms with van der Waals surface area (Å²) in [7, 11) is 0. The first-order chi connectivity index (χ1) is 19.4. The summed E-state index contributed by atoms with van der Waals surface area (Å²) in [6.07, 6.45) is -3.17. The molecule has 0 unspecified atom stereocenters. The fraction of sp³-hybridized carbons (Fsp3) is 0.458. The zero-order chi connectivity index (χ0) is 32.5. The average molecular weight is 608 g/mol. The van der Waals surface area contributed by atoms with Crippen LogP contribution in [0.1, 0.15) is 49.7 Å². The molecular weight excluding hydrogens is 575 g/mol. The number of hydrogen-bond acceptors (Lipinski definition) is 7. The lowest BCUT2D eigenvalue weighted by Gasteiger charge is -2.20. The summed E-state index contributed by atoms with van der Waals surface area (Å²) in [5.74, 6) is -5.50. The standard InChI is InChI=1S/C21H29N5O5.C2HF3O2.CH2O3/c22-20(23)14-8-5-13(6-9-14)7-10-17(27)24-12-18(28)26-16(11-19(29)30)21(31)25-15-3-1-2-4-15;3-2(4,5)1(6)7;2-1(3)4/h5-6,8-9,15-16H,1-4,7,10-12H2,(H3,22,23)(H,24,27)(H,25,31)(H,26,28)(H,29,30);(H,6,7);(H2,2,3,4)/t16-;;/m0../s1. The van der Waals surface area contributed by atoms with Crippen LogP contribution in [-0.4, -0.2) is 86.9 Å². The number of aryl methyl sites for hydroxylation is 1. The molecule has 1 atom stereocenters. The van der Waals surface area contributed by atoms with Gasteiger partial charge in [0.05, 0.1) is 13.0 Å². The molecule has 42 heavy (non-hydrogen) atoms. The second-order valence-electron chi connectivity index (χ2n) is 8.68. The highest BCUT2D eigenvalue weighted by Crippen LogP contribution is 2.17. The minimum atomic E-state index is -5.08. The van der Waals surface area contributed by atoms with Crippen molar-refractivity contribution in [2.75, 3.05) is 6.54 Å². The predicted molar refractivity (Wildman–Crippen MR) is 138 cm³/mol. The minimum absolute atomic E-state index is 0.00455. The fourth-order valence-electron chi connectivity index (χ4n) is 3.38. The number of carboxylic acids is 2. The Morgan fingerprint density at radius 1 is 0.952 bits per heavy atom. The van der Waals surface area contributed by atoms with Gasteiger partial charge in [-0.2, -0.15) is 13.2 Å². The van der Waals surface area contributed by atoms with E-state index in [4.69, 9.17) is 41.2 Å². The smallest absolute Gasteiger partial charge is 0.481 e. The van der Waals surface area contributed by atoms with Gasteiger partial charge in [-0.3, -0.25) is 24.6 Å². The second kappa shape index (κ2) is 18.4. The van der Waals surface area contributed by atoms with Gasteiger partial charge in [0, 0.05) is 18.0 Å². The first-order valence-electron chi connectivity index (χ1n) is 12.2. The number of amidine groups is 1. The van der Waals surface area contributed by atoms with Gasteiger partial charge in [0.1, 0.15) is 11.9 Å². The summed E-state index contributed by atoms with van der Waals surface area (Å²) in [6, 6.07) is 5.75. The maximum atomic E-state index is 12.3. The largest absolute Gasteiger partial charge is 0.503 e. The summed E-state index contributed by atoms with van der Waals surface area (Å²) < 4.78 is 31.7. The SMILES string of the molecule is N=C(N)c1ccc(CCC(=O)NCC(=O)N[C@@H](CC(=O)O)C(=O)NC2CCCC2)cc1.O=C(O)C(F)(F)F.O=C(O)O. The van der Waals surface area contributed by atoms with Crippen molar-refractivity contribution in [3.63, 3.8) is 0 Å². The van der Waals surface area contributed by atoms with E-state index in [1.165, 1.54) is 0 Å². The third-order valence-electron chi connectivity index (χ3n) is 5.33. The number of amides is 3. The van der Waals surface area contributed by atoms with E-state index < -0.39 is 48.5 Å². The monoisotopic (exact) mass is 607 g/mol. The summed E-state index contributed by atoms with van der Waals surface area (Å²) in [6.45, 7) is -0.352. The third-order valence-corrected chi connectivity index (χ3v) is 5.33. The molecule has 2 rings (SSSR count). The summed E-state index contributed by atoms with van der Waals surface area (Å²) >= 11 is 0. The van der Waals surface area contributed by atoms with Crippen LogP contribution in [-0.2, 0) is 30.4 Å². The quantitative estimate of drug-likeness (QED) is 0.126. The van der Waals surface area contributed by atoms with Gasteiger partial charge in [-0.25, -0.2) is 9.59 Å². The molecule has 1 aliphatic rings. The molecule has 0 heterocycles. The number of nitrogens with two attached hydrogens (primary N) is 1. The Morgan fingerprint density at radius 2 is 1.45 bits per heavy atom. The van der Waals surface area contributed by atoms with Crippen molar-refractivity contribution in [2.24, 2.45) is 5.73 Å². The van der Waals surface area contributed by atoms with Crippen molar-refractivity contribution in [1.82, 2.24) is 16.0 Å². The molecule has 18 heteroatoms. The van der Waals surface area contributed by atoms with Crippen molar-refractivity contribution in [3.05, 3.63) is 35.4 Å². The number of nitrogen functional groups attached to an aromatic ring is 1. The van der Waals surface area contributed by atoms with Gasteiger partial charge in [-0.15, -0.1) is 0 Å². The molecule has 3 amide bonds. The van der Waals surface area contributed by atoms with E-state index in [-0.39, 0.29) is 30.8 Å². The minimum Gasteiger partial charge on any atom is -0.481 e. The molecule has 1 fully saturated rings. The molecule has 0 aromatic heterocycles. The summed E-state index contributed by atoms with van der Waals surface area (Å²) in [4.78, 5) is 65.0. The van der Waals surface area contributed by atoms with Crippen LogP contribution in [0.5, 0.6) is 0 Å². The van der Waals surface area contributed by atoms with E-state index in [2.05, 4.69) is 16.0 Å². The predicted octanol–water partition coefficient (Wildman–Crippen LogP) is 0.893. The van der Waals surface area contributed by atoms with E-state index in [0.717, 1.165) is 31.2 Å². The van der Waals surface area contributed by atoms with Crippen LogP contribution in [0.4, 0.5) is 18.0 Å². The molecule has 0 radical (unpaired) electrons. The Hall–Kier alpha value is -4.90. The number of carbonyl (C=O) groups is 6. The zero-order valence-corrected chi connectivity index (χ0v) is 22.1. The van der Waals surface area contributed by atoms with Crippen LogP contribution in [0.25, 0.3) is 0 Å². The van der Waals surface area contributed by atoms with Crippen LogP contribution in [0.15, 0.2) is 24.3 Å². The lowest BCUT2D eigenvalue weighted by atomic mass is 10.1. The summed E-state index contributed by atoms with van der Waals surface area (Å²) in [5, 5.41) is 45.1. The van der Waals surface area contributed by atoms with E-state index in [0.29, 0.717) is 12.0 Å². The molecule has 0 aliphatic heterocycles. The third kappa shape index (κ3) is 17.6. The van der Waals surface area contributed by atoms with E-state index in [1.807, 2.05) is 0 Å². The highest BCUT2D eigenvalue weighted by atomic mass is 19.4. The van der Waals surface area contributed by atoms with E-state index >= 15 is 0 Å². The second-order valence-corrected chi connectivity index (χ2v) is 8.68. The molecule has 1 aromatic rings. The molecule has 1 aromatic carbocycles. The highest BCUT2D eigenvalue weighted by molar-refractivity contribution is 5.95. The van der Waals surface area contributed by atoms with Crippen molar-refractivity contribution in [1.29, 1.82) is 5.41 Å². The molecule has 1 aliphatic carbocycles. The van der Waals surface area contributed by atoms with Crippen LogP contribution in [0, 0.1) is 5.41 Å². The van der Waals surface area contributed by atoms with Gasteiger partial charge in [0.2, 0.25) is 17.7 Å². The fourth-order valence-corrected chi connectivity index (χ4v) is 3.38. The van der Waals surface area contributed by atoms with Crippen LogP contribution < -0.4 is 21.7 Å². The van der Waals surface area contributed by atoms with Crippen LogP contribution in [0.3, 0.4) is 0 Å². The Labute approximate surface area is 236 Å². The Morgan fingerprint density at radius 3 is 1.88 bits per heavy atom. The molecule has 15 nitrogen and oxygen atoms in total. The molecule has 234 valence electrons. The van der Waals surface area contributed by atoms with Gasteiger partial charge in [0.25, 0.3) is 0 Å². The van der Waals surface area contributed by atoms with Gasteiger partial charge >= 0.3 is 24.3 Å². The van der Waals surface area contributed by atoms with Gasteiger partial charge in [0.15, 0.2) is 0 Å². The lowest BCUT2D eigenvalue weighted by molar-refractivity contribution is -0.192. The number of rotatable bonds is 11. The van der Waals surface area contributed by atoms with Crippen molar-refractivity contribution in [2.45, 2.75) is 63.2 Å². The lowest BCUT2D eigenvalue weighted by Crippen LogP contribution is -2.52. The van der Waals surface area contributed by atoms with E-state index in [9.17, 15) is 32.3 Å². The first-order valence-corrected chi connectivity index (χ1v) is 12.2. The maximum absolute atomic E-state index is 12.3. The number of benzene rings is 1. The number of nitrogens with one attached hydrogen (secondary N) is 4. The van der Waals surface area contributed by atoms with Gasteiger partial charge in [-0.1, -0.05) is 37.1 Å². The first kappa shape index (κ1) is 37.1. The summed E-state index contributed by atoms with van der Waals surface area (Å²) in [5.41, 5.74) is 6.88. The van der Waals surface area contributed by atoms with Crippen molar-refractivity contribution < 1.29 is 62.4 Å². The number of halogens is 3. The topological polar surface area (TPSA) is 269 Å². The molecule has 0 saturated heterocycles. The molecule has 1 saturated carbocycles.